The molecule has 2 atom stereocenters. The van der Waals surface area contributed by atoms with E-state index in [1.54, 1.807) is 22.7 Å². The molecule has 0 aliphatic rings. The highest BCUT2D eigenvalue weighted by atomic mass is 32.1. The highest BCUT2D eigenvalue weighted by molar-refractivity contribution is 7.10. The molecule has 0 radical (unpaired) electrons. The van der Waals surface area contributed by atoms with Crippen LogP contribution < -0.4 is 0 Å². The first kappa shape index (κ1) is 13.5. The zero-order valence-corrected chi connectivity index (χ0v) is 12.8. The lowest BCUT2D eigenvalue weighted by Crippen LogP contribution is -2.14. The molecule has 2 unspecified atom stereocenters. The van der Waals surface area contributed by atoms with Crippen molar-refractivity contribution >= 4 is 28.5 Å². The van der Waals surface area contributed by atoms with Crippen LogP contribution in [0.15, 0.2) is 22.9 Å². The Morgan fingerprint density at radius 2 is 1.33 bits per heavy atom. The maximum absolute atomic E-state index is 12.5. The molecule has 2 aromatic heterocycles. The molecule has 0 fully saturated rings. The molecule has 0 saturated carbocycles. The summed E-state index contributed by atoms with van der Waals surface area (Å²) in [7, 11) is 0. The van der Waals surface area contributed by atoms with E-state index in [1.807, 2.05) is 13.8 Å². The van der Waals surface area contributed by atoms with Crippen LogP contribution in [0.4, 0.5) is 0 Å². The zero-order chi connectivity index (χ0) is 13.3. The fraction of sp³-hybridized carbons (Fsp3) is 0.400. The van der Waals surface area contributed by atoms with Gasteiger partial charge in [-0.15, -0.1) is 22.7 Å². The van der Waals surface area contributed by atoms with Gasteiger partial charge in [-0.2, -0.15) is 0 Å². The van der Waals surface area contributed by atoms with Gasteiger partial charge in [-0.25, -0.2) is 0 Å². The molecule has 96 valence electrons. The topological polar surface area (TPSA) is 17.1 Å². The molecule has 0 spiro atoms. The number of aryl methyl sites for hydroxylation is 2. The molecule has 2 aromatic rings. The van der Waals surface area contributed by atoms with Crippen LogP contribution in [0.3, 0.4) is 0 Å². The van der Waals surface area contributed by atoms with E-state index in [0.29, 0.717) is 5.78 Å². The number of Topliss-reactive ketones (excluding diaryl/α,β-unsaturated/α-hetero) is 1. The second kappa shape index (κ2) is 5.37. The lowest BCUT2D eigenvalue weighted by molar-refractivity contribution is -0.121. The van der Waals surface area contributed by atoms with Gasteiger partial charge < -0.3 is 0 Å². The van der Waals surface area contributed by atoms with Crippen LogP contribution in [0.1, 0.15) is 46.6 Å². The van der Waals surface area contributed by atoms with E-state index in [9.17, 15) is 4.79 Å². The van der Waals surface area contributed by atoms with Gasteiger partial charge in [0.05, 0.1) is 0 Å². The Morgan fingerprint density at radius 1 is 0.944 bits per heavy atom. The van der Waals surface area contributed by atoms with Crippen molar-refractivity contribution in [1.82, 2.24) is 0 Å². The van der Waals surface area contributed by atoms with Crippen molar-refractivity contribution in [3.8, 4) is 0 Å². The molecular formula is C15H18OS2. The Hall–Kier alpha value is -0.930. The number of thiophene rings is 2. The third-order valence-corrected chi connectivity index (χ3v) is 5.68. The van der Waals surface area contributed by atoms with Crippen molar-refractivity contribution < 1.29 is 4.79 Å². The standard InChI is InChI=1S/C15H18OS2/c1-9-5-13(17-7-9)11(3)15(16)12(4)14-6-10(2)8-18-14/h5-8,11-12H,1-4H3. The number of hydrogen-bond donors (Lipinski definition) is 0. The van der Waals surface area contributed by atoms with Gasteiger partial charge in [0.15, 0.2) is 0 Å². The Balaban J connectivity index is 2.16. The summed E-state index contributed by atoms with van der Waals surface area (Å²) >= 11 is 3.37. The average Bonchev–Trinajstić information content (AvgIpc) is 2.95. The lowest BCUT2D eigenvalue weighted by Gasteiger charge is -2.13. The van der Waals surface area contributed by atoms with Gasteiger partial charge in [0.2, 0.25) is 0 Å². The van der Waals surface area contributed by atoms with E-state index in [0.717, 1.165) is 0 Å². The second-order valence-corrected chi connectivity index (χ2v) is 6.78. The first-order chi connectivity index (χ1) is 8.49. The van der Waals surface area contributed by atoms with Crippen LogP contribution in [0.25, 0.3) is 0 Å². The van der Waals surface area contributed by atoms with Gasteiger partial charge >= 0.3 is 0 Å². The van der Waals surface area contributed by atoms with Crippen LogP contribution >= 0.6 is 22.7 Å². The SMILES string of the molecule is Cc1csc(C(C)C(=O)C(C)c2cc(C)cs2)c1. The van der Waals surface area contributed by atoms with Gasteiger partial charge in [0, 0.05) is 21.6 Å². The Bertz CT molecular complexity index is 502. The minimum Gasteiger partial charge on any atom is -0.298 e. The van der Waals surface area contributed by atoms with Crippen LogP contribution in [0.2, 0.25) is 0 Å². The average molecular weight is 278 g/mol. The van der Waals surface area contributed by atoms with Crippen LogP contribution in [0, 0.1) is 13.8 Å². The van der Waals surface area contributed by atoms with Crippen molar-refractivity contribution in [1.29, 1.82) is 0 Å². The van der Waals surface area contributed by atoms with Crippen molar-refractivity contribution in [3.63, 3.8) is 0 Å². The van der Waals surface area contributed by atoms with Crippen molar-refractivity contribution in [2.45, 2.75) is 39.5 Å². The van der Waals surface area contributed by atoms with E-state index in [1.165, 1.54) is 20.9 Å². The number of carbonyl (C=O) groups excluding carboxylic acids is 1. The molecule has 0 N–H and O–H groups in total. The molecule has 0 aliphatic heterocycles. The molecule has 0 saturated heterocycles. The molecule has 0 bridgehead atoms. The summed E-state index contributed by atoms with van der Waals surface area (Å²) in [6, 6.07) is 4.25. The minimum atomic E-state index is 0.00102. The zero-order valence-electron chi connectivity index (χ0n) is 11.2. The summed E-state index contributed by atoms with van der Waals surface area (Å²) in [6.07, 6.45) is 0. The predicted octanol–water partition coefficient (Wildman–Crippen LogP) is 4.90. The van der Waals surface area contributed by atoms with Gasteiger partial charge in [0.25, 0.3) is 0 Å². The molecule has 3 heteroatoms. The quantitative estimate of drug-likeness (QED) is 0.777. The first-order valence-electron chi connectivity index (χ1n) is 6.13. The molecule has 2 heterocycles. The monoisotopic (exact) mass is 278 g/mol. The molecule has 0 aliphatic carbocycles. The third-order valence-electron chi connectivity index (χ3n) is 3.21. The number of carbonyl (C=O) groups is 1. The van der Waals surface area contributed by atoms with Gasteiger partial charge in [-0.1, -0.05) is 13.8 Å². The van der Waals surface area contributed by atoms with Gasteiger partial charge in [-0.3, -0.25) is 4.79 Å². The highest BCUT2D eigenvalue weighted by Gasteiger charge is 2.24. The van der Waals surface area contributed by atoms with Crippen molar-refractivity contribution in [2.24, 2.45) is 0 Å². The summed E-state index contributed by atoms with van der Waals surface area (Å²) in [5.41, 5.74) is 2.49. The molecule has 0 aromatic carbocycles. The highest BCUT2D eigenvalue weighted by Crippen LogP contribution is 2.32. The summed E-state index contributed by atoms with van der Waals surface area (Å²) < 4.78 is 0. The summed E-state index contributed by atoms with van der Waals surface area (Å²) in [5.74, 6) is 0.320. The maximum atomic E-state index is 12.5. The smallest absolute Gasteiger partial charge is 0.148 e. The molecular weight excluding hydrogens is 260 g/mol. The second-order valence-electron chi connectivity index (χ2n) is 4.90. The summed E-state index contributed by atoms with van der Waals surface area (Å²) in [5, 5.41) is 4.22. The van der Waals surface area contributed by atoms with Gasteiger partial charge in [0.1, 0.15) is 5.78 Å². The van der Waals surface area contributed by atoms with E-state index in [2.05, 4.69) is 36.7 Å². The largest absolute Gasteiger partial charge is 0.298 e. The fourth-order valence-electron chi connectivity index (χ4n) is 2.02. The Kier molecular flexibility index (Phi) is 4.03. The summed E-state index contributed by atoms with van der Waals surface area (Å²) in [6.45, 7) is 8.18. The predicted molar refractivity (Wildman–Crippen MR) is 79.9 cm³/mol. The Labute approximate surface area is 116 Å². The molecule has 0 amide bonds. The summed E-state index contributed by atoms with van der Waals surface area (Å²) in [4.78, 5) is 14.8. The number of rotatable bonds is 4. The normalized spacial score (nSPS) is 14.4. The van der Waals surface area contributed by atoms with Crippen molar-refractivity contribution in [2.75, 3.05) is 0 Å². The molecule has 2 rings (SSSR count). The number of ketones is 1. The minimum absolute atomic E-state index is 0.00102. The van der Waals surface area contributed by atoms with Gasteiger partial charge in [-0.05, 0) is 47.9 Å². The van der Waals surface area contributed by atoms with Crippen LogP contribution in [-0.2, 0) is 4.79 Å². The maximum Gasteiger partial charge on any atom is 0.148 e. The molecule has 18 heavy (non-hydrogen) atoms. The van der Waals surface area contributed by atoms with Crippen LogP contribution in [-0.4, -0.2) is 5.78 Å². The lowest BCUT2D eigenvalue weighted by atomic mass is 9.93. The molecule has 1 nitrogen and oxygen atoms in total. The van der Waals surface area contributed by atoms with Crippen LogP contribution in [0.5, 0.6) is 0 Å². The van der Waals surface area contributed by atoms with E-state index in [-0.39, 0.29) is 11.8 Å². The van der Waals surface area contributed by atoms with E-state index in [4.69, 9.17) is 0 Å². The van der Waals surface area contributed by atoms with Crippen molar-refractivity contribution in [3.05, 3.63) is 43.8 Å². The fourth-order valence-corrected chi connectivity index (χ4v) is 3.94. The number of hydrogen-bond acceptors (Lipinski definition) is 3. The first-order valence-corrected chi connectivity index (χ1v) is 7.88. The third kappa shape index (κ3) is 2.73. The van der Waals surface area contributed by atoms with E-state index < -0.39 is 0 Å². The Morgan fingerprint density at radius 3 is 1.61 bits per heavy atom. The van der Waals surface area contributed by atoms with E-state index >= 15 is 0 Å².